The highest BCUT2D eigenvalue weighted by molar-refractivity contribution is 5.33. The number of benzene rings is 2. The molecule has 0 atom stereocenters. The van der Waals surface area contributed by atoms with Gasteiger partial charge in [-0.3, -0.25) is 0 Å². The maximum Gasteiger partial charge on any atom is 0.127 e. The fraction of sp³-hybridized carbons (Fsp3) is 0.429. The maximum atomic E-state index is 13.4. The van der Waals surface area contributed by atoms with Crippen molar-refractivity contribution < 1.29 is 8.78 Å². The molecular weight excluding hydrogens is 290 g/mol. The molecule has 0 fully saturated rings. The van der Waals surface area contributed by atoms with Gasteiger partial charge >= 0.3 is 0 Å². The van der Waals surface area contributed by atoms with Crippen LogP contribution in [-0.2, 0) is 0 Å². The zero-order chi connectivity index (χ0) is 17.7. The molecule has 0 radical (unpaired) electrons. The van der Waals surface area contributed by atoms with Crippen LogP contribution in [-0.4, -0.2) is 0 Å². The smallest absolute Gasteiger partial charge is 0.127 e. The molecule has 0 aliphatic rings. The van der Waals surface area contributed by atoms with Gasteiger partial charge in [0.1, 0.15) is 11.6 Å². The molecule has 0 N–H and O–H groups in total. The molecule has 0 aliphatic heterocycles. The minimum atomic E-state index is -0.0833. The molecule has 0 amide bonds. The van der Waals surface area contributed by atoms with E-state index in [-0.39, 0.29) is 23.5 Å². The van der Waals surface area contributed by atoms with E-state index >= 15 is 0 Å². The van der Waals surface area contributed by atoms with Gasteiger partial charge in [0, 0.05) is 0 Å². The Morgan fingerprint density at radius 1 is 0.696 bits per heavy atom. The van der Waals surface area contributed by atoms with Crippen LogP contribution < -0.4 is 0 Å². The fourth-order valence-electron chi connectivity index (χ4n) is 2.76. The standard InChI is InChI=1S/C11H15F.C10H13F/c1-7(2)11-9(4)5-8(3)6-10(11)12;1-7(2)9-5-4-8(3)6-10(9)11/h5-7H,1-4H3;4-7H,1-3H3. The molecule has 2 aromatic carbocycles. The van der Waals surface area contributed by atoms with Crippen molar-refractivity contribution in [3.63, 3.8) is 0 Å². The van der Waals surface area contributed by atoms with Crippen molar-refractivity contribution in [3.8, 4) is 0 Å². The summed E-state index contributed by atoms with van der Waals surface area (Å²) in [6.07, 6.45) is 0. The largest absolute Gasteiger partial charge is 0.207 e. The maximum absolute atomic E-state index is 13.4. The normalized spacial score (nSPS) is 10.7. The first-order chi connectivity index (χ1) is 10.6. The Hall–Kier alpha value is -1.70. The van der Waals surface area contributed by atoms with E-state index in [2.05, 4.69) is 0 Å². The van der Waals surface area contributed by atoms with Crippen LogP contribution in [0.2, 0.25) is 0 Å². The molecule has 0 nitrogen and oxygen atoms in total. The third-order valence-electron chi connectivity index (χ3n) is 3.84. The van der Waals surface area contributed by atoms with Gasteiger partial charge in [-0.15, -0.1) is 0 Å². The summed E-state index contributed by atoms with van der Waals surface area (Å²) in [5.41, 5.74) is 4.68. The second-order valence-electron chi connectivity index (χ2n) is 6.81. The fourth-order valence-corrected chi connectivity index (χ4v) is 2.76. The van der Waals surface area contributed by atoms with Gasteiger partial charge < -0.3 is 0 Å². The van der Waals surface area contributed by atoms with Crippen LogP contribution in [0.4, 0.5) is 8.78 Å². The van der Waals surface area contributed by atoms with Crippen molar-refractivity contribution in [2.24, 2.45) is 0 Å². The second-order valence-corrected chi connectivity index (χ2v) is 6.81. The summed E-state index contributed by atoms with van der Waals surface area (Å²) in [4.78, 5) is 0. The van der Waals surface area contributed by atoms with Gasteiger partial charge in [0.25, 0.3) is 0 Å². The van der Waals surface area contributed by atoms with E-state index in [1.807, 2.05) is 66.7 Å². The molecule has 2 aromatic rings. The van der Waals surface area contributed by atoms with Gasteiger partial charge in [0.05, 0.1) is 0 Å². The van der Waals surface area contributed by atoms with Crippen LogP contribution >= 0.6 is 0 Å². The Morgan fingerprint density at radius 2 is 1.26 bits per heavy atom. The molecule has 0 saturated carbocycles. The summed E-state index contributed by atoms with van der Waals surface area (Å²) in [7, 11) is 0. The van der Waals surface area contributed by atoms with Crippen LogP contribution in [0.3, 0.4) is 0 Å². The van der Waals surface area contributed by atoms with Crippen molar-refractivity contribution in [3.05, 3.63) is 69.8 Å². The van der Waals surface area contributed by atoms with Crippen molar-refractivity contribution in [1.82, 2.24) is 0 Å². The summed E-state index contributed by atoms with van der Waals surface area (Å²) in [5, 5.41) is 0. The number of aryl methyl sites for hydroxylation is 3. The van der Waals surface area contributed by atoms with E-state index in [4.69, 9.17) is 0 Å². The van der Waals surface area contributed by atoms with Gasteiger partial charge in [-0.25, -0.2) is 8.78 Å². The first-order valence-electron chi connectivity index (χ1n) is 8.16. The third kappa shape index (κ3) is 5.46. The molecule has 0 spiro atoms. The zero-order valence-corrected chi connectivity index (χ0v) is 15.3. The summed E-state index contributed by atoms with van der Waals surface area (Å²) >= 11 is 0. The Kier molecular flexibility index (Phi) is 6.93. The molecule has 0 aliphatic carbocycles. The van der Waals surface area contributed by atoms with Crippen molar-refractivity contribution >= 4 is 0 Å². The number of rotatable bonds is 2. The van der Waals surface area contributed by atoms with E-state index in [9.17, 15) is 8.78 Å². The first kappa shape index (κ1) is 19.3. The van der Waals surface area contributed by atoms with Crippen LogP contribution in [0, 0.1) is 32.4 Å². The number of hydrogen-bond acceptors (Lipinski definition) is 0. The molecule has 126 valence electrons. The molecule has 0 saturated heterocycles. The highest BCUT2D eigenvalue weighted by Gasteiger charge is 2.09. The van der Waals surface area contributed by atoms with Crippen molar-refractivity contribution in [2.75, 3.05) is 0 Å². The predicted molar refractivity (Wildman–Crippen MR) is 95.2 cm³/mol. The second kappa shape index (κ2) is 8.24. The van der Waals surface area contributed by atoms with Crippen LogP contribution in [0.15, 0.2) is 30.3 Å². The van der Waals surface area contributed by atoms with Crippen LogP contribution in [0.1, 0.15) is 67.3 Å². The average molecular weight is 318 g/mol. The quantitative estimate of drug-likeness (QED) is 0.569. The zero-order valence-electron chi connectivity index (χ0n) is 15.3. The lowest BCUT2D eigenvalue weighted by Gasteiger charge is -2.11. The third-order valence-corrected chi connectivity index (χ3v) is 3.84. The SMILES string of the molecule is Cc1cc(C)c(C(C)C)c(F)c1.Cc1ccc(C(C)C)c(F)c1. The van der Waals surface area contributed by atoms with Crippen LogP contribution in [0.5, 0.6) is 0 Å². The predicted octanol–water partition coefficient (Wildman–Crippen LogP) is 6.82. The van der Waals surface area contributed by atoms with Crippen molar-refractivity contribution in [2.45, 2.75) is 60.3 Å². The Bertz CT molecular complexity index is 632. The van der Waals surface area contributed by atoms with Crippen molar-refractivity contribution in [1.29, 1.82) is 0 Å². The molecule has 2 rings (SSSR count). The summed E-state index contributed by atoms with van der Waals surface area (Å²) in [6.45, 7) is 13.8. The molecule has 23 heavy (non-hydrogen) atoms. The minimum Gasteiger partial charge on any atom is -0.207 e. The molecule has 0 bridgehead atoms. The lowest BCUT2D eigenvalue weighted by atomic mass is 9.96. The molecule has 0 unspecified atom stereocenters. The number of halogens is 2. The van der Waals surface area contributed by atoms with Crippen LogP contribution in [0.25, 0.3) is 0 Å². The Labute approximate surface area is 139 Å². The van der Waals surface area contributed by atoms with Gasteiger partial charge in [-0.1, -0.05) is 45.9 Å². The highest BCUT2D eigenvalue weighted by Crippen LogP contribution is 2.23. The lowest BCUT2D eigenvalue weighted by molar-refractivity contribution is 0.594. The van der Waals surface area contributed by atoms with E-state index in [0.29, 0.717) is 0 Å². The monoisotopic (exact) mass is 318 g/mol. The van der Waals surface area contributed by atoms with E-state index in [1.54, 1.807) is 12.1 Å². The molecule has 2 heteroatoms. The summed E-state index contributed by atoms with van der Waals surface area (Å²) in [6, 6.07) is 9.00. The lowest BCUT2D eigenvalue weighted by Crippen LogP contribution is -1.97. The van der Waals surface area contributed by atoms with Gasteiger partial charge in [-0.05, 0) is 72.6 Å². The molecular formula is C21H28F2. The van der Waals surface area contributed by atoms with E-state index in [0.717, 1.165) is 27.8 Å². The van der Waals surface area contributed by atoms with Gasteiger partial charge in [0.15, 0.2) is 0 Å². The highest BCUT2D eigenvalue weighted by atomic mass is 19.1. The first-order valence-corrected chi connectivity index (χ1v) is 8.16. The van der Waals surface area contributed by atoms with E-state index in [1.165, 1.54) is 0 Å². The Balaban J connectivity index is 0.000000231. The molecule has 0 aromatic heterocycles. The van der Waals surface area contributed by atoms with Gasteiger partial charge in [0.2, 0.25) is 0 Å². The summed E-state index contributed by atoms with van der Waals surface area (Å²) < 4.78 is 26.5. The molecule has 0 heterocycles. The average Bonchev–Trinajstić information content (AvgIpc) is 2.36. The summed E-state index contributed by atoms with van der Waals surface area (Å²) in [5.74, 6) is 0.392. The number of hydrogen-bond donors (Lipinski definition) is 0. The Morgan fingerprint density at radius 3 is 1.70 bits per heavy atom. The van der Waals surface area contributed by atoms with E-state index < -0.39 is 0 Å². The van der Waals surface area contributed by atoms with Gasteiger partial charge in [-0.2, -0.15) is 0 Å². The topological polar surface area (TPSA) is 0 Å². The minimum absolute atomic E-state index is 0.0671.